The van der Waals surface area contributed by atoms with Crippen LogP contribution in [0.25, 0.3) is 6.08 Å². The number of aryl methyl sites for hydroxylation is 1. The van der Waals surface area contributed by atoms with E-state index in [1.807, 2.05) is 44.1 Å². The van der Waals surface area contributed by atoms with Crippen LogP contribution in [-0.4, -0.2) is 31.1 Å². The maximum Gasteiger partial charge on any atom is 0.352 e. The molecule has 0 aliphatic rings. The van der Waals surface area contributed by atoms with Gasteiger partial charge in [0.15, 0.2) is 0 Å². The number of nitrogens with one attached hydrogen (secondary N) is 1. The van der Waals surface area contributed by atoms with Crippen molar-refractivity contribution in [2.45, 2.75) is 6.92 Å². The summed E-state index contributed by atoms with van der Waals surface area (Å²) in [6, 6.07) is 14.4. The van der Waals surface area contributed by atoms with Gasteiger partial charge in [-0.3, -0.25) is 4.79 Å². The summed E-state index contributed by atoms with van der Waals surface area (Å²) in [4.78, 5) is 25.6. The molecule has 0 atom stereocenters. The van der Waals surface area contributed by atoms with E-state index >= 15 is 0 Å². The fraction of sp³-hybridized carbons (Fsp3) is 0.158. The van der Waals surface area contributed by atoms with Crippen molar-refractivity contribution in [1.82, 2.24) is 5.32 Å². The molecule has 2 rings (SSSR count). The number of carbonyl (C=O) groups excluding carboxylic acids is 1. The molecule has 0 aliphatic heterocycles. The maximum absolute atomic E-state index is 12.2. The molecule has 2 N–H and O–H groups in total. The van der Waals surface area contributed by atoms with Crippen molar-refractivity contribution in [3.05, 3.63) is 70.9 Å². The van der Waals surface area contributed by atoms with Gasteiger partial charge < -0.3 is 15.3 Å². The molecule has 0 bridgehead atoms. The van der Waals surface area contributed by atoms with E-state index in [0.29, 0.717) is 11.1 Å². The molecule has 24 heavy (non-hydrogen) atoms. The van der Waals surface area contributed by atoms with Gasteiger partial charge in [-0.1, -0.05) is 29.8 Å². The maximum atomic E-state index is 12.2. The Kier molecular flexibility index (Phi) is 5.37. The molecule has 0 fully saturated rings. The minimum absolute atomic E-state index is 0.167. The van der Waals surface area contributed by atoms with E-state index in [2.05, 4.69) is 5.32 Å². The van der Waals surface area contributed by atoms with Gasteiger partial charge >= 0.3 is 5.97 Å². The second-order valence-electron chi connectivity index (χ2n) is 5.67. The number of amides is 1. The van der Waals surface area contributed by atoms with Gasteiger partial charge in [0, 0.05) is 25.3 Å². The summed E-state index contributed by atoms with van der Waals surface area (Å²) in [5, 5.41) is 11.8. The van der Waals surface area contributed by atoms with E-state index in [1.54, 1.807) is 30.3 Å². The molecular weight excluding hydrogens is 304 g/mol. The normalized spacial score (nSPS) is 11.0. The van der Waals surface area contributed by atoms with E-state index in [1.165, 1.54) is 6.08 Å². The molecule has 0 radical (unpaired) electrons. The lowest BCUT2D eigenvalue weighted by atomic mass is 10.1. The fourth-order valence-electron chi connectivity index (χ4n) is 2.17. The number of carbonyl (C=O) groups is 2. The molecule has 0 saturated heterocycles. The minimum atomic E-state index is -1.19. The van der Waals surface area contributed by atoms with E-state index < -0.39 is 11.9 Å². The van der Waals surface area contributed by atoms with Crippen LogP contribution in [0.2, 0.25) is 0 Å². The first-order valence-electron chi connectivity index (χ1n) is 7.47. The molecule has 5 nitrogen and oxygen atoms in total. The molecule has 124 valence electrons. The van der Waals surface area contributed by atoms with E-state index in [-0.39, 0.29) is 5.70 Å². The minimum Gasteiger partial charge on any atom is -0.477 e. The van der Waals surface area contributed by atoms with Crippen molar-refractivity contribution in [2.75, 3.05) is 19.0 Å². The third-order valence-electron chi connectivity index (χ3n) is 3.48. The molecule has 0 heterocycles. The van der Waals surface area contributed by atoms with Crippen molar-refractivity contribution in [2.24, 2.45) is 0 Å². The molecule has 0 saturated carbocycles. The topological polar surface area (TPSA) is 69.6 Å². The second kappa shape index (κ2) is 7.46. The van der Waals surface area contributed by atoms with Gasteiger partial charge in [0.1, 0.15) is 5.70 Å². The summed E-state index contributed by atoms with van der Waals surface area (Å²) in [5.74, 6) is -1.63. The summed E-state index contributed by atoms with van der Waals surface area (Å²) in [6.07, 6.45) is 1.44. The van der Waals surface area contributed by atoms with E-state index in [0.717, 1.165) is 11.3 Å². The number of rotatable bonds is 5. The molecule has 2 aromatic rings. The number of carboxylic acid groups (broad SMARTS) is 1. The van der Waals surface area contributed by atoms with E-state index in [9.17, 15) is 14.7 Å². The Bertz CT molecular complexity index is 777. The summed E-state index contributed by atoms with van der Waals surface area (Å²) in [7, 11) is 3.85. The summed E-state index contributed by atoms with van der Waals surface area (Å²) < 4.78 is 0. The van der Waals surface area contributed by atoms with Crippen LogP contribution in [0, 0.1) is 6.92 Å². The third kappa shape index (κ3) is 4.46. The smallest absolute Gasteiger partial charge is 0.352 e. The Morgan fingerprint density at radius 2 is 1.75 bits per heavy atom. The molecule has 1 amide bonds. The lowest BCUT2D eigenvalue weighted by Crippen LogP contribution is -2.27. The van der Waals surface area contributed by atoms with Crippen LogP contribution < -0.4 is 10.2 Å². The summed E-state index contributed by atoms with van der Waals surface area (Å²) >= 11 is 0. The molecular formula is C19H20N2O3. The predicted molar refractivity (Wildman–Crippen MR) is 95.0 cm³/mol. The van der Waals surface area contributed by atoms with Gasteiger partial charge in [0.05, 0.1) is 0 Å². The number of hydrogen-bond donors (Lipinski definition) is 2. The Labute approximate surface area is 141 Å². The molecule has 0 unspecified atom stereocenters. The first-order valence-corrected chi connectivity index (χ1v) is 7.47. The lowest BCUT2D eigenvalue weighted by molar-refractivity contribution is -0.132. The van der Waals surface area contributed by atoms with Crippen LogP contribution in [0.4, 0.5) is 5.69 Å². The summed E-state index contributed by atoms with van der Waals surface area (Å²) in [5.41, 5.74) is 2.89. The molecule has 0 spiro atoms. The zero-order valence-electron chi connectivity index (χ0n) is 13.9. The second-order valence-corrected chi connectivity index (χ2v) is 5.67. The van der Waals surface area contributed by atoms with Crippen LogP contribution in [0.15, 0.2) is 54.2 Å². The molecule has 2 aromatic carbocycles. The largest absolute Gasteiger partial charge is 0.477 e. The van der Waals surface area contributed by atoms with Gasteiger partial charge in [-0.2, -0.15) is 0 Å². The highest BCUT2D eigenvalue weighted by atomic mass is 16.4. The fourth-order valence-corrected chi connectivity index (χ4v) is 2.17. The number of aliphatic carboxylic acids is 1. The number of anilines is 1. The SMILES string of the molecule is Cc1cccc(C(=O)N/C(=C/c2ccc(N(C)C)cc2)C(=O)O)c1. The van der Waals surface area contributed by atoms with Crippen LogP contribution >= 0.6 is 0 Å². The first kappa shape index (κ1) is 17.3. The number of nitrogens with zero attached hydrogens (tertiary/aromatic N) is 1. The Morgan fingerprint density at radius 3 is 2.29 bits per heavy atom. The molecule has 0 aromatic heterocycles. The monoisotopic (exact) mass is 324 g/mol. The van der Waals surface area contributed by atoms with Gasteiger partial charge in [-0.15, -0.1) is 0 Å². The Morgan fingerprint density at radius 1 is 1.08 bits per heavy atom. The zero-order valence-corrected chi connectivity index (χ0v) is 13.9. The van der Waals surface area contributed by atoms with Gasteiger partial charge in [-0.05, 0) is 42.8 Å². The molecule has 5 heteroatoms. The van der Waals surface area contributed by atoms with Crippen molar-refractivity contribution in [3.63, 3.8) is 0 Å². The van der Waals surface area contributed by atoms with Gasteiger partial charge in [0.25, 0.3) is 5.91 Å². The Hall–Kier alpha value is -3.08. The number of hydrogen-bond acceptors (Lipinski definition) is 3. The number of carboxylic acids is 1. The quantitative estimate of drug-likeness (QED) is 0.830. The van der Waals surface area contributed by atoms with Crippen molar-refractivity contribution in [1.29, 1.82) is 0 Å². The summed E-state index contributed by atoms with van der Waals surface area (Å²) in [6.45, 7) is 1.87. The standard InChI is InChI=1S/C19H20N2O3/c1-13-5-4-6-15(11-13)18(22)20-17(19(23)24)12-14-7-9-16(10-8-14)21(2)3/h4-12H,1-3H3,(H,20,22)(H,23,24)/b17-12+. The first-order chi connectivity index (χ1) is 11.4. The van der Waals surface area contributed by atoms with Crippen LogP contribution in [-0.2, 0) is 4.79 Å². The average molecular weight is 324 g/mol. The third-order valence-corrected chi connectivity index (χ3v) is 3.48. The van der Waals surface area contributed by atoms with Crippen LogP contribution in [0.3, 0.4) is 0 Å². The highest BCUT2D eigenvalue weighted by Gasteiger charge is 2.13. The van der Waals surface area contributed by atoms with Crippen molar-refractivity contribution in [3.8, 4) is 0 Å². The predicted octanol–water partition coefficient (Wildman–Crippen LogP) is 2.92. The highest BCUT2D eigenvalue weighted by Crippen LogP contribution is 2.14. The van der Waals surface area contributed by atoms with Crippen molar-refractivity contribution >= 4 is 23.6 Å². The Balaban J connectivity index is 2.22. The number of benzene rings is 2. The zero-order chi connectivity index (χ0) is 17.7. The molecule has 0 aliphatic carbocycles. The average Bonchev–Trinajstić information content (AvgIpc) is 2.54. The highest BCUT2D eigenvalue weighted by molar-refractivity contribution is 6.02. The van der Waals surface area contributed by atoms with Gasteiger partial charge in [0.2, 0.25) is 0 Å². The van der Waals surface area contributed by atoms with E-state index in [4.69, 9.17) is 0 Å². The van der Waals surface area contributed by atoms with Crippen molar-refractivity contribution < 1.29 is 14.7 Å². The lowest BCUT2D eigenvalue weighted by Gasteiger charge is -2.12. The van der Waals surface area contributed by atoms with Gasteiger partial charge in [-0.25, -0.2) is 4.79 Å². The van der Waals surface area contributed by atoms with Crippen LogP contribution in [0.5, 0.6) is 0 Å². The van der Waals surface area contributed by atoms with Crippen LogP contribution in [0.1, 0.15) is 21.5 Å².